The van der Waals surface area contributed by atoms with Gasteiger partial charge in [0.05, 0.1) is 17.7 Å². The summed E-state index contributed by atoms with van der Waals surface area (Å²) in [6, 6.07) is 6.19. The molecule has 0 N–H and O–H groups in total. The van der Waals surface area contributed by atoms with Gasteiger partial charge in [-0.05, 0) is 43.1 Å². The molecule has 94 valence electrons. The lowest BCUT2D eigenvalue weighted by Crippen LogP contribution is -2.39. The normalized spacial score (nSPS) is 20.3. The summed E-state index contributed by atoms with van der Waals surface area (Å²) in [4.78, 5) is 13.0. The molecule has 0 bridgehead atoms. The van der Waals surface area contributed by atoms with E-state index in [0.29, 0.717) is 12.1 Å². The molecule has 18 heavy (non-hydrogen) atoms. The minimum atomic E-state index is -0.399. The number of hydrogen-bond donors (Lipinski definition) is 0. The van der Waals surface area contributed by atoms with Crippen LogP contribution in [0.15, 0.2) is 18.2 Å². The van der Waals surface area contributed by atoms with E-state index in [9.17, 15) is 9.18 Å². The molecule has 1 atom stereocenters. The minimum Gasteiger partial charge on any atom is -0.302 e. The molecule has 3 nitrogen and oxygen atoms in total. The first kappa shape index (κ1) is 12.7. The Labute approximate surface area is 106 Å². The first-order chi connectivity index (χ1) is 8.72. The number of halogens is 1. The Morgan fingerprint density at radius 3 is 3.00 bits per heavy atom. The van der Waals surface area contributed by atoms with Crippen molar-refractivity contribution in [2.75, 3.05) is 6.54 Å². The van der Waals surface area contributed by atoms with E-state index in [1.807, 2.05) is 11.0 Å². The molecule has 0 radical (unpaired) electrons. The first-order valence-corrected chi connectivity index (χ1v) is 6.12. The largest absolute Gasteiger partial charge is 0.302 e. The fourth-order valence-electron chi connectivity index (χ4n) is 2.41. The summed E-state index contributed by atoms with van der Waals surface area (Å²) in [6.45, 7) is 1.37. The van der Waals surface area contributed by atoms with Crippen molar-refractivity contribution in [2.24, 2.45) is 0 Å². The molecule has 0 aromatic heterocycles. The van der Waals surface area contributed by atoms with Gasteiger partial charge in [0.25, 0.3) is 0 Å². The topological polar surface area (TPSA) is 44.1 Å². The van der Waals surface area contributed by atoms with Gasteiger partial charge in [-0.2, -0.15) is 5.26 Å². The third kappa shape index (κ3) is 2.93. The van der Waals surface area contributed by atoms with Gasteiger partial charge in [-0.25, -0.2) is 4.39 Å². The molecule has 1 aromatic carbocycles. The maximum atomic E-state index is 13.3. The van der Waals surface area contributed by atoms with E-state index in [4.69, 9.17) is 5.26 Å². The quantitative estimate of drug-likeness (QED) is 0.768. The van der Waals surface area contributed by atoms with E-state index in [2.05, 4.69) is 0 Å². The van der Waals surface area contributed by atoms with Crippen LogP contribution in [-0.2, 0) is 11.3 Å². The van der Waals surface area contributed by atoms with Crippen molar-refractivity contribution in [1.29, 1.82) is 5.26 Å². The van der Waals surface area contributed by atoms with Gasteiger partial charge in [0, 0.05) is 6.54 Å². The maximum absolute atomic E-state index is 13.3. The van der Waals surface area contributed by atoms with Crippen LogP contribution >= 0.6 is 0 Å². The number of piperidine rings is 1. The van der Waals surface area contributed by atoms with Crippen molar-refractivity contribution < 1.29 is 9.18 Å². The number of hydrogen-bond acceptors (Lipinski definition) is 3. The zero-order valence-electron chi connectivity index (χ0n) is 10.1. The smallest absolute Gasteiger partial charge is 0.137 e. The minimum absolute atomic E-state index is 0.0763. The van der Waals surface area contributed by atoms with Crippen molar-refractivity contribution in [3.8, 4) is 6.07 Å². The van der Waals surface area contributed by atoms with Crippen molar-refractivity contribution >= 4 is 6.29 Å². The van der Waals surface area contributed by atoms with E-state index >= 15 is 0 Å². The summed E-state index contributed by atoms with van der Waals surface area (Å²) in [6.07, 6.45) is 3.95. The van der Waals surface area contributed by atoms with Crippen LogP contribution in [0.25, 0.3) is 0 Å². The number of carbonyl (C=O) groups is 1. The SMILES string of the molecule is N#Cc1cc(F)cc(CN2CCCCC2C=O)c1. The summed E-state index contributed by atoms with van der Waals surface area (Å²) in [5.74, 6) is -0.399. The summed E-state index contributed by atoms with van der Waals surface area (Å²) in [7, 11) is 0. The second-order valence-corrected chi connectivity index (χ2v) is 4.63. The standard InChI is InChI=1S/C14H15FN2O/c15-13-6-11(8-16)5-12(7-13)9-17-4-2-1-3-14(17)10-18/h5-7,10,14H,1-4,9H2. The number of benzene rings is 1. The molecule has 1 fully saturated rings. The molecule has 1 aromatic rings. The number of carbonyl (C=O) groups excluding carboxylic acids is 1. The lowest BCUT2D eigenvalue weighted by molar-refractivity contribution is -0.113. The number of rotatable bonds is 3. The molecule has 0 spiro atoms. The van der Waals surface area contributed by atoms with Crippen LogP contribution in [-0.4, -0.2) is 23.8 Å². The number of nitrogens with zero attached hydrogens (tertiary/aromatic N) is 2. The van der Waals surface area contributed by atoms with E-state index < -0.39 is 5.82 Å². The van der Waals surface area contributed by atoms with Crippen molar-refractivity contribution in [1.82, 2.24) is 4.90 Å². The lowest BCUT2D eigenvalue weighted by Gasteiger charge is -2.32. The van der Waals surface area contributed by atoms with Crippen LogP contribution in [0, 0.1) is 17.1 Å². The molecule has 1 unspecified atom stereocenters. The fourth-order valence-corrected chi connectivity index (χ4v) is 2.41. The molecule has 2 rings (SSSR count). The van der Waals surface area contributed by atoms with Gasteiger partial charge in [0.15, 0.2) is 0 Å². The Morgan fingerprint density at radius 2 is 2.28 bits per heavy atom. The molecule has 1 aliphatic heterocycles. The third-order valence-corrected chi connectivity index (χ3v) is 3.29. The maximum Gasteiger partial charge on any atom is 0.137 e. The van der Waals surface area contributed by atoms with E-state index in [1.165, 1.54) is 12.1 Å². The van der Waals surface area contributed by atoms with Gasteiger partial charge in [-0.15, -0.1) is 0 Å². The Kier molecular flexibility index (Phi) is 4.06. The molecular weight excluding hydrogens is 231 g/mol. The number of nitriles is 1. The molecule has 1 saturated heterocycles. The molecule has 0 aliphatic carbocycles. The summed E-state index contributed by atoms with van der Waals surface area (Å²) < 4.78 is 13.3. The highest BCUT2D eigenvalue weighted by Gasteiger charge is 2.21. The van der Waals surface area contributed by atoms with Crippen molar-refractivity contribution in [3.63, 3.8) is 0 Å². The van der Waals surface area contributed by atoms with E-state index in [1.54, 1.807) is 6.07 Å². The van der Waals surface area contributed by atoms with Gasteiger partial charge < -0.3 is 4.79 Å². The lowest BCUT2D eigenvalue weighted by atomic mass is 10.0. The second kappa shape index (κ2) is 5.74. The fraction of sp³-hybridized carbons (Fsp3) is 0.429. The third-order valence-electron chi connectivity index (χ3n) is 3.29. The number of aldehydes is 1. The van der Waals surface area contributed by atoms with Crippen LogP contribution in [0.3, 0.4) is 0 Å². The highest BCUT2D eigenvalue weighted by Crippen LogP contribution is 2.19. The molecule has 1 heterocycles. The van der Waals surface area contributed by atoms with E-state index in [0.717, 1.165) is 37.7 Å². The Morgan fingerprint density at radius 1 is 1.44 bits per heavy atom. The summed E-state index contributed by atoms with van der Waals surface area (Å²) in [5, 5.41) is 8.80. The van der Waals surface area contributed by atoms with Crippen LogP contribution in [0.5, 0.6) is 0 Å². The van der Waals surface area contributed by atoms with Gasteiger partial charge in [-0.3, -0.25) is 4.90 Å². The average Bonchev–Trinajstić information content (AvgIpc) is 2.38. The first-order valence-electron chi connectivity index (χ1n) is 6.12. The Balaban J connectivity index is 2.15. The van der Waals surface area contributed by atoms with Crippen LogP contribution < -0.4 is 0 Å². The van der Waals surface area contributed by atoms with Gasteiger partial charge >= 0.3 is 0 Å². The molecule has 0 saturated carbocycles. The predicted molar refractivity (Wildman–Crippen MR) is 65.2 cm³/mol. The summed E-state index contributed by atoms with van der Waals surface area (Å²) in [5.41, 5.74) is 1.07. The van der Waals surface area contributed by atoms with Gasteiger partial charge in [0.1, 0.15) is 12.1 Å². The summed E-state index contributed by atoms with van der Waals surface area (Å²) >= 11 is 0. The number of likely N-dealkylation sites (tertiary alicyclic amines) is 1. The van der Waals surface area contributed by atoms with E-state index in [-0.39, 0.29) is 6.04 Å². The second-order valence-electron chi connectivity index (χ2n) is 4.63. The molecule has 4 heteroatoms. The highest BCUT2D eigenvalue weighted by molar-refractivity contribution is 5.57. The van der Waals surface area contributed by atoms with Crippen LogP contribution in [0.2, 0.25) is 0 Å². The van der Waals surface area contributed by atoms with Gasteiger partial charge in [0.2, 0.25) is 0 Å². The van der Waals surface area contributed by atoms with Gasteiger partial charge in [-0.1, -0.05) is 6.42 Å². The predicted octanol–water partition coefficient (Wildman–Crippen LogP) is 2.25. The zero-order chi connectivity index (χ0) is 13.0. The zero-order valence-corrected chi connectivity index (χ0v) is 10.1. The van der Waals surface area contributed by atoms with Crippen molar-refractivity contribution in [2.45, 2.75) is 31.8 Å². The van der Waals surface area contributed by atoms with Crippen molar-refractivity contribution in [3.05, 3.63) is 35.1 Å². The highest BCUT2D eigenvalue weighted by atomic mass is 19.1. The Hall–Kier alpha value is -1.73. The van der Waals surface area contributed by atoms with Crippen LogP contribution in [0.4, 0.5) is 4.39 Å². The molecule has 0 amide bonds. The molecule has 1 aliphatic rings. The average molecular weight is 246 g/mol. The molecular formula is C14H15FN2O. The van der Waals surface area contributed by atoms with Crippen LogP contribution in [0.1, 0.15) is 30.4 Å². The monoisotopic (exact) mass is 246 g/mol. The Bertz CT molecular complexity index is 481.